The molecule has 0 saturated carbocycles. The molecule has 2 heterocycles. The largest absolute Gasteiger partial charge is 0.464 e. The SMILES string of the molecule is Cc1oc2c(c1N)CCCC2.Cc1sc2c(c1N)CCCC2. The van der Waals surface area contributed by atoms with Gasteiger partial charge in [0.2, 0.25) is 0 Å². The fourth-order valence-electron chi connectivity index (χ4n) is 3.45. The van der Waals surface area contributed by atoms with Crippen LogP contribution >= 0.6 is 11.3 Å². The van der Waals surface area contributed by atoms with E-state index in [9.17, 15) is 0 Å². The highest BCUT2D eigenvalue weighted by molar-refractivity contribution is 7.12. The summed E-state index contributed by atoms with van der Waals surface area (Å²) in [4.78, 5) is 2.86. The van der Waals surface area contributed by atoms with Gasteiger partial charge in [-0.05, 0) is 64.4 Å². The summed E-state index contributed by atoms with van der Waals surface area (Å²) >= 11 is 1.89. The lowest BCUT2D eigenvalue weighted by Gasteiger charge is -2.10. The van der Waals surface area contributed by atoms with E-state index in [2.05, 4.69) is 6.92 Å². The van der Waals surface area contributed by atoms with Crippen molar-refractivity contribution in [3.63, 3.8) is 0 Å². The molecule has 0 aliphatic heterocycles. The van der Waals surface area contributed by atoms with Gasteiger partial charge in [-0.2, -0.15) is 0 Å². The Morgan fingerprint density at radius 2 is 1.45 bits per heavy atom. The lowest BCUT2D eigenvalue weighted by molar-refractivity contribution is 0.458. The summed E-state index contributed by atoms with van der Waals surface area (Å²) < 4.78 is 5.51. The van der Waals surface area contributed by atoms with Crippen LogP contribution in [-0.4, -0.2) is 0 Å². The molecule has 0 fully saturated rings. The molecule has 0 radical (unpaired) electrons. The lowest BCUT2D eigenvalue weighted by atomic mass is 9.97. The van der Waals surface area contributed by atoms with Crippen molar-refractivity contribution in [1.29, 1.82) is 0 Å². The van der Waals surface area contributed by atoms with Gasteiger partial charge in [0.25, 0.3) is 0 Å². The number of fused-ring (bicyclic) bond motifs is 2. The molecule has 4 rings (SSSR count). The zero-order valence-electron chi connectivity index (χ0n) is 13.6. The molecule has 22 heavy (non-hydrogen) atoms. The fraction of sp³-hybridized carbons (Fsp3) is 0.556. The quantitative estimate of drug-likeness (QED) is 0.748. The molecule has 120 valence electrons. The third-order valence-electron chi connectivity index (χ3n) is 4.80. The molecule has 4 N–H and O–H groups in total. The molecular weight excluding hydrogens is 292 g/mol. The molecule has 0 atom stereocenters. The lowest BCUT2D eigenvalue weighted by Crippen LogP contribution is -2.01. The van der Waals surface area contributed by atoms with E-state index in [1.165, 1.54) is 54.5 Å². The zero-order valence-corrected chi connectivity index (χ0v) is 14.4. The van der Waals surface area contributed by atoms with Gasteiger partial charge in [-0.1, -0.05) is 0 Å². The van der Waals surface area contributed by atoms with Gasteiger partial charge in [0.1, 0.15) is 11.5 Å². The van der Waals surface area contributed by atoms with E-state index in [0.29, 0.717) is 0 Å². The van der Waals surface area contributed by atoms with E-state index >= 15 is 0 Å². The molecule has 2 aliphatic rings. The number of rotatable bonds is 0. The fourth-order valence-corrected chi connectivity index (χ4v) is 4.64. The van der Waals surface area contributed by atoms with Gasteiger partial charge in [0, 0.05) is 27.4 Å². The minimum Gasteiger partial charge on any atom is -0.464 e. The molecule has 2 aliphatic carbocycles. The van der Waals surface area contributed by atoms with Crippen molar-refractivity contribution in [2.24, 2.45) is 0 Å². The first-order valence-corrected chi connectivity index (χ1v) is 9.12. The molecule has 0 bridgehead atoms. The van der Waals surface area contributed by atoms with Crippen molar-refractivity contribution in [3.05, 3.63) is 32.4 Å². The van der Waals surface area contributed by atoms with Gasteiger partial charge in [-0.3, -0.25) is 0 Å². The van der Waals surface area contributed by atoms with Gasteiger partial charge < -0.3 is 15.9 Å². The molecule has 0 saturated heterocycles. The second kappa shape index (κ2) is 6.37. The smallest absolute Gasteiger partial charge is 0.124 e. The summed E-state index contributed by atoms with van der Waals surface area (Å²) in [6.45, 7) is 4.06. The van der Waals surface area contributed by atoms with E-state index in [-0.39, 0.29) is 0 Å². The van der Waals surface area contributed by atoms with Crippen LogP contribution in [0, 0.1) is 13.8 Å². The Morgan fingerprint density at radius 3 is 2.14 bits per heavy atom. The Morgan fingerprint density at radius 1 is 0.818 bits per heavy atom. The van der Waals surface area contributed by atoms with Crippen LogP contribution in [0.15, 0.2) is 4.42 Å². The first-order chi connectivity index (χ1) is 10.6. The Balaban J connectivity index is 0.000000131. The molecule has 0 unspecified atom stereocenters. The average Bonchev–Trinajstić information content (AvgIpc) is 2.98. The van der Waals surface area contributed by atoms with E-state index < -0.39 is 0 Å². The first kappa shape index (κ1) is 15.5. The number of furan rings is 1. The highest BCUT2D eigenvalue weighted by Gasteiger charge is 2.18. The number of hydrogen-bond acceptors (Lipinski definition) is 4. The Kier molecular flexibility index (Phi) is 4.48. The van der Waals surface area contributed by atoms with Gasteiger partial charge >= 0.3 is 0 Å². The number of thiophene rings is 1. The van der Waals surface area contributed by atoms with E-state index in [1.807, 2.05) is 18.3 Å². The third kappa shape index (κ3) is 2.89. The standard InChI is InChI=1S/C9H13NO.C9H13NS/c2*1-6-9(10)7-4-2-3-5-8(7)11-6/h2*2-5,10H2,1H3. The molecule has 2 aromatic rings. The maximum Gasteiger partial charge on any atom is 0.124 e. The summed E-state index contributed by atoms with van der Waals surface area (Å²) in [5, 5.41) is 0. The second-order valence-corrected chi connectivity index (χ2v) is 7.67. The highest BCUT2D eigenvalue weighted by Crippen LogP contribution is 2.35. The number of hydrogen-bond donors (Lipinski definition) is 2. The Hall–Kier alpha value is -1.42. The molecule has 0 aromatic carbocycles. The summed E-state index contributed by atoms with van der Waals surface area (Å²) in [7, 11) is 0. The van der Waals surface area contributed by atoms with Gasteiger partial charge in [0.15, 0.2) is 0 Å². The predicted octanol–water partition coefficient (Wildman–Crippen LogP) is 4.57. The van der Waals surface area contributed by atoms with Crippen LogP contribution in [-0.2, 0) is 25.7 Å². The maximum atomic E-state index is 5.93. The summed E-state index contributed by atoms with van der Waals surface area (Å²) in [6.07, 6.45) is 9.85. The molecule has 4 heteroatoms. The van der Waals surface area contributed by atoms with Crippen molar-refractivity contribution in [1.82, 2.24) is 0 Å². The van der Waals surface area contributed by atoms with Crippen molar-refractivity contribution < 1.29 is 4.42 Å². The summed E-state index contributed by atoms with van der Waals surface area (Å²) in [5.41, 5.74) is 16.5. The van der Waals surface area contributed by atoms with E-state index in [1.54, 1.807) is 4.88 Å². The Labute approximate surface area is 136 Å². The molecule has 2 aromatic heterocycles. The van der Waals surface area contributed by atoms with Gasteiger partial charge in [0.05, 0.1) is 5.69 Å². The van der Waals surface area contributed by atoms with E-state index in [0.717, 1.165) is 35.7 Å². The molecule has 0 spiro atoms. The van der Waals surface area contributed by atoms with Gasteiger partial charge in [-0.15, -0.1) is 11.3 Å². The van der Waals surface area contributed by atoms with Crippen LogP contribution in [0.4, 0.5) is 11.4 Å². The topological polar surface area (TPSA) is 65.2 Å². The molecular formula is C18H26N2OS. The average molecular weight is 318 g/mol. The summed E-state index contributed by atoms with van der Waals surface area (Å²) in [6, 6.07) is 0. The Bertz CT molecular complexity index is 611. The molecule has 0 amide bonds. The first-order valence-electron chi connectivity index (χ1n) is 8.31. The number of nitrogen functional groups attached to an aromatic ring is 2. The van der Waals surface area contributed by atoms with Crippen LogP contribution in [0.2, 0.25) is 0 Å². The van der Waals surface area contributed by atoms with Crippen LogP contribution < -0.4 is 11.5 Å². The van der Waals surface area contributed by atoms with Crippen LogP contribution in [0.5, 0.6) is 0 Å². The highest BCUT2D eigenvalue weighted by atomic mass is 32.1. The second-order valence-electron chi connectivity index (χ2n) is 6.36. The van der Waals surface area contributed by atoms with Gasteiger partial charge in [-0.25, -0.2) is 0 Å². The van der Waals surface area contributed by atoms with Crippen molar-refractivity contribution in [2.45, 2.75) is 65.2 Å². The number of anilines is 2. The van der Waals surface area contributed by atoms with Crippen LogP contribution in [0.1, 0.15) is 58.1 Å². The third-order valence-corrected chi connectivity index (χ3v) is 6.02. The van der Waals surface area contributed by atoms with E-state index in [4.69, 9.17) is 15.9 Å². The number of aryl methyl sites for hydroxylation is 4. The minimum atomic E-state index is 0.889. The van der Waals surface area contributed by atoms with Crippen LogP contribution in [0.25, 0.3) is 0 Å². The number of nitrogens with two attached hydrogens (primary N) is 2. The van der Waals surface area contributed by atoms with Crippen molar-refractivity contribution >= 4 is 22.7 Å². The monoisotopic (exact) mass is 318 g/mol. The maximum absolute atomic E-state index is 5.93. The zero-order chi connectivity index (χ0) is 15.7. The summed E-state index contributed by atoms with van der Waals surface area (Å²) in [5.74, 6) is 2.03. The predicted molar refractivity (Wildman–Crippen MR) is 94.6 cm³/mol. The molecule has 3 nitrogen and oxygen atoms in total. The van der Waals surface area contributed by atoms with Crippen molar-refractivity contribution in [2.75, 3.05) is 11.5 Å². The normalized spacial score (nSPS) is 16.5. The minimum absolute atomic E-state index is 0.889. The van der Waals surface area contributed by atoms with Crippen LogP contribution in [0.3, 0.4) is 0 Å². The van der Waals surface area contributed by atoms with Crippen molar-refractivity contribution in [3.8, 4) is 0 Å².